The molecule has 0 aliphatic heterocycles. The molecule has 0 aromatic carbocycles. The van der Waals surface area contributed by atoms with E-state index in [2.05, 4.69) is 20.4 Å². The maximum absolute atomic E-state index is 11.6. The second-order valence-electron chi connectivity index (χ2n) is 3.17. The van der Waals surface area contributed by atoms with Crippen LogP contribution in [0.4, 0.5) is 0 Å². The van der Waals surface area contributed by atoms with E-state index in [-0.39, 0.29) is 5.91 Å². The summed E-state index contributed by atoms with van der Waals surface area (Å²) in [5, 5.41) is 8.61. The van der Waals surface area contributed by atoms with Crippen molar-refractivity contribution in [3.8, 4) is 0 Å². The number of carbonyl (C=O) groups is 1. The Hall–Kier alpha value is -1.80. The Balaban J connectivity index is 1.81. The molecule has 2 aromatic heterocycles. The Morgan fingerprint density at radius 1 is 1.59 bits per heavy atom. The van der Waals surface area contributed by atoms with Crippen LogP contribution in [0.2, 0.25) is 0 Å². The fraction of sp³-hybridized carbons (Fsp3) is 0.333. The molecule has 2 aromatic rings. The Bertz CT molecular complexity index is 481. The van der Waals surface area contributed by atoms with E-state index in [0.717, 1.165) is 5.01 Å². The quantitative estimate of drug-likeness (QED) is 0.774. The molecule has 3 N–H and O–H groups in total. The molecule has 0 saturated carbocycles. The van der Waals surface area contributed by atoms with Crippen LogP contribution in [0.25, 0.3) is 0 Å². The Kier molecular flexibility index (Phi) is 3.78. The lowest BCUT2D eigenvalue weighted by atomic mass is 10.4. The molecule has 8 heteroatoms. The Morgan fingerprint density at radius 2 is 2.47 bits per heavy atom. The van der Waals surface area contributed by atoms with Crippen molar-refractivity contribution >= 4 is 17.2 Å². The van der Waals surface area contributed by atoms with E-state index in [1.54, 1.807) is 5.38 Å². The fourth-order valence-electron chi connectivity index (χ4n) is 1.19. The molecular weight excluding hydrogens is 242 g/mol. The lowest BCUT2D eigenvalue weighted by Crippen LogP contribution is -2.26. The van der Waals surface area contributed by atoms with Gasteiger partial charge >= 0.3 is 0 Å². The molecule has 0 bridgehead atoms. The van der Waals surface area contributed by atoms with Crippen LogP contribution in [0, 0.1) is 0 Å². The van der Waals surface area contributed by atoms with Gasteiger partial charge in [0, 0.05) is 24.9 Å². The molecule has 0 fully saturated rings. The van der Waals surface area contributed by atoms with Gasteiger partial charge < -0.3 is 15.6 Å². The van der Waals surface area contributed by atoms with Crippen LogP contribution in [0.5, 0.6) is 0 Å². The second-order valence-corrected chi connectivity index (χ2v) is 4.11. The highest BCUT2D eigenvalue weighted by Gasteiger charge is 2.09. The molecule has 7 nitrogen and oxygen atoms in total. The van der Waals surface area contributed by atoms with Gasteiger partial charge in [0.05, 0.1) is 0 Å². The van der Waals surface area contributed by atoms with Gasteiger partial charge in [-0.15, -0.1) is 11.3 Å². The molecule has 0 unspecified atom stereocenters. The van der Waals surface area contributed by atoms with Gasteiger partial charge in [-0.2, -0.15) is 4.98 Å². The smallest absolute Gasteiger partial charge is 0.270 e. The molecule has 2 heterocycles. The second kappa shape index (κ2) is 5.51. The van der Waals surface area contributed by atoms with Crippen LogP contribution in [0.3, 0.4) is 0 Å². The summed E-state index contributed by atoms with van der Waals surface area (Å²) in [5.74, 6) is 0.270. The highest BCUT2D eigenvalue weighted by molar-refractivity contribution is 7.09. The minimum absolute atomic E-state index is 0.222. The van der Waals surface area contributed by atoms with Crippen LogP contribution >= 0.6 is 11.3 Å². The lowest BCUT2D eigenvalue weighted by Gasteiger charge is -1.99. The van der Waals surface area contributed by atoms with Crippen molar-refractivity contribution in [3.05, 3.63) is 28.3 Å². The van der Waals surface area contributed by atoms with Crippen LogP contribution in [-0.2, 0) is 13.0 Å². The number of hydrogen-bond acceptors (Lipinski definition) is 7. The molecule has 0 atom stereocenters. The van der Waals surface area contributed by atoms with E-state index < -0.39 is 0 Å². The first kappa shape index (κ1) is 11.7. The topological polar surface area (TPSA) is 107 Å². The third-order valence-corrected chi connectivity index (χ3v) is 2.86. The summed E-state index contributed by atoms with van der Waals surface area (Å²) in [6.07, 6.45) is 1.82. The van der Waals surface area contributed by atoms with Gasteiger partial charge in [0.25, 0.3) is 5.91 Å². The zero-order valence-corrected chi connectivity index (χ0v) is 9.74. The van der Waals surface area contributed by atoms with E-state index in [1.165, 1.54) is 17.7 Å². The molecule has 0 radical (unpaired) electrons. The predicted molar refractivity (Wildman–Crippen MR) is 60.3 cm³/mol. The molecule has 0 aliphatic rings. The number of nitrogens with zero attached hydrogens (tertiary/aromatic N) is 3. The summed E-state index contributed by atoms with van der Waals surface area (Å²) >= 11 is 1.37. The predicted octanol–water partition coefficient (Wildman–Crippen LogP) is -0.0427. The van der Waals surface area contributed by atoms with Gasteiger partial charge in [0.1, 0.15) is 10.7 Å². The molecule has 0 spiro atoms. The highest BCUT2D eigenvalue weighted by Crippen LogP contribution is 2.08. The van der Waals surface area contributed by atoms with Crippen molar-refractivity contribution in [2.24, 2.45) is 5.73 Å². The summed E-state index contributed by atoms with van der Waals surface area (Å²) in [5.41, 5.74) is 5.81. The summed E-state index contributed by atoms with van der Waals surface area (Å²) in [6, 6.07) is 0. The first-order valence-corrected chi connectivity index (χ1v) is 5.86. The van der Waals surface area contributed by atoms with Crippen LogP contribution < -0.4 is 11.1 Å². The first-order chi connectivity index (χ1) is 8.29. The van der Waals surface area contributed by atoms with Crippen molar-refractivity contribution in [2.75, 3.05) is 6.54 Å². The summed E-state index contributed by atoms with van der Waals surface area (Å²) in [4.78, 5) is 19.5. The maximum Gasteiger partial charge on any atom is 0.270 e. The van der Waals surface area contributed by atoms with Crippen molar-refractivity contribution in [1.29, 1.82) is 0 Å². The van der Waals surface area contributed by atoms with Crippen LogP contribution in [0.1, 0.15) is 21.4 Å². The van der Waals surface area contributed by atoms with E-state index in [4.69, 9.17) is 10.3 Å². The minimum atomic E-state index is -0.222. The third kappa shape index (κ3) is 3.08. The normalized spacial score (nSPS) is 10.4. The number of rotatable bonds is 5. The Morgan fingerprint density at radius 3 is 3.12 bits per heavy atom. The highest BCUT2D eigenvalue weighted by atomic mass is 32.1. The fourth-order valence-corrected chi connectivity index (χ4v) is 1.84. The van der Waals surface area contributed by atoms with Gasteiger partial charge in [0.2, 0.25) is 5.89 Å². The van der Waals surface area contributed by atoms with Gasteiger partial charge in [-0.05, 0) is 0 Å². The van der Waals surface area contributed by atoms with Gasteiger partial charge in [0.15, 0.2) is 6.33 Å². The molecular formula is C9H11N5O2S. The summed E-state index contributed by atoms with van der Waals surface area (Å²) in [6.45, 7) is 0.774. The zero-order chi connectivity index (χ0) is 12.1. The molecule has 90 valence electrons. The molecule has 17 heavy (non-hydrogen) atoms. The number of aromatic nitrogens is 3. The number of hydrogen-bond donors (Lipinski definition) is 2. The number of thiazole rings is 1. The van der Waals surface area contributed by atoms with E-state index in [1.807, 2.05) is 0 Å². The van der Waals surface area contributed by atoms with Gasteiger partial charge in [-0.1, -0.05) is 5.16 Å². The molecule has 0 saturated heterocycles. The van der Waals surface area contributed by atoms with Crippen molar-refractivity contribution < 1.29 is 9.32 Å². The molecule has 0 aliphatic carbocycles. The number of amides is 1. The minimum Gasteiger partial charge on any atom is -0.350 e. The third-order valence-electron chi connectivity index (χ3n) is 1.99. The molecule has 1 amide bonds. The van der Waals surface area contributed by atoms with Crippen molar-refractivity contribution in [3.63, 3.8) is 0 Å². The van der Waals surface area contributed by atoms with Gasteiger partial charge in [-0.25, -0.2) is 4.98 Å². The average Bonchev–Trinajstić information content (AvgIpc) is 2.99. The van der Waals surface area contributed by atoms with E-state index in [0.29, 0.717) is 31.1 Å². The summed E-state index contributed by atoms with van der Waals surface area (Å²) in [7, 11) is 0. The number of nitrogens with two attached hydrogens (primary N) is 1. The molecule has 2 rings (SSSR count). The lowest BCUT2D eigenvalue weighted by molar-refractivity contribution is 0.0949. The first-order valence-electron chi connectivity index (χ1n) is 4.98. The number of nitrogens with one attached hydrogen (secondary N) is 1. The van der Waals surface area contributed by atoms with Crippen molar-refractivity contribution in [1.82, 2.24) is 20.4 Å². The van der Waals surface area contributed by atoms with Crippen LogP contribution in [-0.4, -0.2) is 27.6 Å². The Labute approximate surface area is 101 Å². The maximum atomic E-state index is 11.6. The van der Waals surface area contributed by atoms with Crippen molar-refractivity contribution in [2.45, 2.75) is 13.0 Å². The largest absolute Gasteiger partial charge is 0.350 e. The number of carbonyl (C=O) groups excluding carboxylic acids is 1. The SMILES string of the molecule is NCc1nc(C(=O)NCCc2ncno2)cs1. The van der Waals surface area contributed by atoms with E-state index in [9.17, 15) is 4.79 Å². The monoisotopic (exact) mass is 253 g/mol. The van der Waals surface area contributed by atoms with E-state index >= 15 is 0 Å². The zero-order valence-electron chi connectivity index (χ0n) is 8.92. The average molecular weight is 253 g/mol. The van der Waals surface area contributed by atoms with Crippen LogP contribution in [0.15, 0.2) is 16.2 Å². The standard InChI is InChI=1S/C9H11N5O2S/c10-3-8-14-6(4-17-8)9(15)11-2-1-7-12-5-13-16-7/h4-5H,1-3,10H2,(H,11,15). The summed E-state index contributed by atoms with van der Waals surface area (Å²) < 4.78 is 4.80. The van der Waals surface area contributed by atoms with Gasteiger partial charge in [-0.3, -0.25) is 4.79 Å².